The molecule has 210 valence electrons. The second-order valence-corrected chi connectivity index (χ2v) is 13.5. The summed E-state index contributed by atoms with van der Waals surface area (Å²) in [5.41, 5.74) is 4.81. The Balaban J connectivity index is 1.38. The number of benzene rings is 1. The normalized spacial score (nSPS) is 18.1. The molecule has 2 unspecified atom stereocenters. The SMILES string of the molecule is CC(OC(=O)c1c2c(nc3ccccc13)CCN(C(C)C)C2)C(=O)Nc1sc2c(c1C#N)CCC(C(C)(C)C)C2. The number of thiophene rings is 1. The van der Waals surface area contributed by atoms with Crippen molar-refractivity contribution in [1.82, 2.24) is 9.88 Å². The number of nitrogens with one attached hydrogen (secondary N) is 1. The van der Waals surface area contributed by atoms with Crippen molar-refractivity contribution >= 4 is 39.1 Å². The maximum absolute atomic E-state index is 13.7. The summed E-state index contributed by atoms with van der Waals surface area (Å²) in [6, 6.07) is 10.2. The van der Waals surface area contributed by atoms with E-state index in [1.54, 1.807) is 6.92 Å². The van der Waals surface area contributed by atoms with Crippen molar-refractivity contribution in [3.63, 3.8) is 0 Å². The molecule has 0 saturated heterocycles. The number of nitriles is 1. The molecule has 0 bridgehead atoms. The third kappa shape index (κ3) is 5.37. The highest BCUT2D eigenvalue weighted by Crippen LogP contribution is 2.44. The molecule has 0 spiro atoms. The van der Waals surface area contributed by atoms with Crippen LogP contribution in [0.1, 0.15) is 85.6 Å². The van der Waals surface area contributed by atoms with Gasteiger partial charge in [0, 0.05) is 47.1 Å². The van der Waals surface area contributed by atoms with Crippen LogP contribution in [0.3, 0.4) is 0 Å². The van der Waals surface area contributed by atoms with E-state index in [2.05, 4.69) is 50.9 Å². The van der Waals surface area contributed by atoms with Crippen molar-refractivity contribution < 1.29 is 14.3 Å². The van der Waals surface area contributed by atoms with Crippen LogP contribution in [-0.2, 0) is 35.3 Å². The molecule has 0 saturated carbocycles. The summed E-state index contributed by atoms with van der Waals surface area (Å²) in [5.74, 6) is -0.435. The number of fused-ring (bicyclic) bond motifs is 3. The fourth-order valence-electron chi connectivity index (χ4n) is 5.90. The van der Waals surface area contributed by atoms with Gasteiger partial charge < -0.3 is 10.1 Å². The monoisotopic (exact) mass is 558 g/mol. The Bertz CT molecular complexity index is 1510. The minimum absolute atomic E-state index is 0.184. The molecule has 2 atom stereocenters. The Morgan fingerprint density at radius 1 is 1.18 bits per heavy atom. The topological polar surface area (TPSA) is 95.3 Å². The average molecular weight is 559 g/mol. The van der Waals surface area contributed by atoms with Gasteiger partial charge >= 0.3 is 5.97 Å². The first-order valence-electron chi connectivity index (χ1n) is 14.2. The minimum atomic E-state index is -1.03. The second-order valence-electron chi connectivity index (χ2n) is 12.4. The molecule has 2 aliphatic rings. The highest BCUT2D eigenvalue weighted by molar-refractivity contribution is 7.16. The molecular weight excluding hydrogens is 520 g/mol. The third-order valence-electron chi connectivity index (χ3n) is 8.50. The van der Waals surface area contributed by atoms with Crippen LogP contribution in [-0.4, -0.2) is 40.5 Å². The zero-order chi connectivity index (χ0) is 28.8. The summed E-state index contributed by atoms with van der Waals surface area (Å²) in [5, 5.41) is 14.1. The van der Waals surface area contributed by atoms with Gasteiger partial charge in [-0.2, -0.15) is 5.26 Å². The molecule has 3 aromatic rings. The lowest BCUT2D eigenvalue weighted by Crippen LogP contribution is -2.37. The van der Waals surface area contributed by atoms with Crippen molar-refractivity contribution in [3.8, 4) is 6.07 Å². The first kappa shape index (κ1) is 28.3. The van der Waals surface area contributed by atoms with Crippen LogP contribution in [0.2, 0.25) is 0 Å². The van der Waals surface area contributed by atoms with Crippen LogP contribution >= 0.6 is 11.3 Å². The van der Waals surface area contributed by atoms with Crippen molar-refractivity contribution in [1.29, 1.82) is 5.26 Å². The number of aromatic nitrogens is 1. The summed E-state index contributed by atoms with van der Waals surface area (Å²) < 4.78 is 5.80. The lowest BCUT2D eigenvalue weighted by molar-refractivity contribution is -0.123. The van der Waals surface area contributed by atoms with E-state index in [0.717, 1.165) is 60.0 Å². The molecule has 1 N–H and O–H groups in total. The molecular formula is C32H38N4O3S. The van der Waals surface area contributed by atoms with Gasteiger partial charge in [0.15, 0.2) is 6.10 Å². The van der Waals surface area contributed by atoms with E-state index in [9.17, 15) is 14.9 Å². The van der Waals surface area contributed by atoms with Crippen molar-refractivity contribution in [3.05, 3.63) is 57.1 Å². The van der Waals surface area contributed by atoms with Crippen molar-refractivity contribution in [2.24, 2.45) is 11.3 Å². The number of ether oxygens (including phenoxy) is 1. The number of carbonyl (C=O) groups is 2. The number of anilines is 1. The largest absolute Gasteiger partial charge is 0.449 e. The molecule has 1 aliphatic heterocycles. The Hall–Kier alpha value is -3.28. The van der Waals surface area contributed by atoms with Crippen LogP contribution in [0.4, 0.5) is 5.00 Å². The molecule has 3 heterocycles. The molecule has 40 heavy (non-hydrogen) atoms. The predicted octanol–water partition coefficient (Wildman–Crippen LogP) is 6.27. The maximum atomic E-state index is 13.7. The van der Waals surface area contributed by atoms with Crippen LogP contribution in [0, 0.1) is 22.7 Å². The number of hydrogen-bond acceptors (Lipinski definition) is 7. The summed E-state index contributed by atoms with van der Waals surface area (Å²) in [4.78, 5) is 35.3. The Labute approximate surface area is 240 Å². The van der Waals surface area contributed by atoms with Gasteiger partial charge in [-0.05, 0) is 63.0 Å². The number of esters is 1. The van der Waals surface area contributed by atoms with Gasteiger partial charge in [-0.3, -0.25) is 14.7 Å². The molecule has 1 amide bonds. The number of carbonyl (C=O) groups excluding carboxylic acids is 2. The number of hydrogen-bond donors (Lipinski definition) is 1. The van der Waals surface area contributed by atoms with E-state index in [4.69, 9.17) is 9.72 Å². The molecule has 8 heteroatoms. The number of para-hydroxylation sites is 1. The zero-order valence-electron chi connectivity index (χ0n) is 24.3. The van der Waals surface area contributed by atoms with E-state index in [1.807, 2.05) is 24.3 Å². The Morgan fingerprint density at radius 2 is 1.93 bits per heavy atom. The first-order valence-corrected chi connectivity index (χ1v) is 15.0. The number of amides is 1. The molecule has 7 nitrogen and oxygen atoms in total. The highest BCUT2D eigenvalue weighted by atomic mass is 32.1. The van der Waals surface area contributed by atoms with Crippen molar-refractivity contribution in [2.45, 2.75) is 85.9 Å². The molecule has 1 aliphatic carbocycles. The van der Waals surface area contributed by atoms with Crippen LogP contribution < -0.4 is 5.32 Å². The van der Waals surface area contributed by atoms with E-state index >= 15 is 0 Å². The van der Waals surface area contributed by atoms with Crippen LogP contribution in [0.15, 0.2) is 24.3 Å². The molecule has 2 aromatic heterocycles. The van der Waals surface area contributed by atoms with Gasteiger partial charge in [0.2, 0.25) is 0 Å². The number of pyridine rings is 1. The smallest absolute Gasteiger partial charge is 0.339 e. The molecule has 0 radical (unpaired) electrons. The number of nitrogens with zero attached hydrogens (tertiary/aromatic N) is 3. The molecule has 1 aromatic carbocycles. The van der Waals surface area contributed by atoms with Gasteiger partial charge in [-0.15, -0.1) is 11.3 Å². The fraction of sp³-hybridized carbons (Fsp3) is 0.500. The van der Waals surface area contributed by atoms with Crippen LogP contribution in [0.25, 0.3) is 10.9 Å². The minimum Gasteiger partial charge on any atom is -0.449 e. The quantitative estimate of drug-likeness (QED) is 0.371. The van der Waals surface area contributed by atoms with Gasteiger partial charge in [0.25, 0.3) is 5.91 Å². The predicted molar refractivity (Wildman–Crippen MR) is 159 cm³/mol. The van der Waals surface area contributed by atoms with Crippen LogP contribution in [0.5, 0.6) is 0 Å². The van der Waals surface area contributed by atoms with E-state index in [-0.39, 0.29) is 5.41 Å². The highest BCUT2D eigenvalue weighted by Gasteiger charge is 2.33. The van der Waals surface area contributed by atoms with E-state index in [0.29, 0.717) is 34.6 Å². The standard InChI is InChI=1S/C32H38N4O3S/c1-18(2)36-14-13-26-24(17-36)28(22-9-7-8-10-25(22)34-26)31(38)39-19(3)29(37)35-30-23(16-33)21-12-11-20(32(4,5)6)15-27(21)40-30/h7-10,18-20H,11-15,17H2,1-6H3,(H,35,37). The van der Waals surface area contributed by atoms with Gasteiger partial charge in [-0.25, -0.2) is 4.79 Å². The second kappa shape index (κ2) is 10.9. The lowest BCUT2D eigenvalue weighted by Gasteiger charge is -2.33. The van der Waals surface area contributed by atoms with Gasteiger partial charge in [-0.1, -0.05) is 39.0 Å². The molecule has 5 rings (SSSR count). The Kier molecular flexibility index (Phi) is 7.73. The maximum Gasteiger partial charge on any atom is 0.339 e. The fourth-order valence-corrected chi connectivity index (χ4v) is 7.18. The zero-order valence-corrected chi connectivity index (χ0v) is 25.1. The first-order chi connectivity index (χ1) is 19.0. The number of rotatable bonds is 5. The van der Waals surface area contributed by atoms with Gasteiger partial charge in [0.05, 0.1) is 16.6 Å². The lowest BCUT2D eigenvalue weighted by atomic mass is 9.72. The van der Waals surface area contributed by atoms with E-state index in [1.165, 1.54) is 16.2 Å². The average Bonchev–Trinajstić information content (AvgIpc) is 3.26. The van der Waals surface area contributed by atoms with Gasteiger partial charge in [0.1, 0.15) is 11.1 Å². The van der Waals surface area contributed by atoms with Crippen molar-refractivity contribution in [2.75, 3.05) is 11.9 Å². The third-order valence-corrected chi connectivity index (χ3v) is 9.67. The summed E-state index contributed by atoms with van der Waals surface area (Å²) in [7, 11) is 0. The summed E-state index contributed by atoms with van der Waals surface area (Å²) >= 11 is 1.48. The van der Waals surface area contributed by atoms with E-state index < -0.39 is 18.0 Å². The summed E-state index contributed by atoms with van der Waals surface area (Å²) in [6.07, 6.45) is 2.50. The Morgan fingerprint density at radius 3 is 2.62 bits per heavy atom. The summed E-state index contributed by atoms with van der Waals surface area (Å²) in [6.45, 7) is 14.1. The molecule has 0 fully saturated rings.